The van der Waals surface area contributed by atoms with Crippen molar-refractivity contribution in [3.63, 3.8) is 0 Å². The van der Waals surface area contributed by atoms with Gasteiger partial charge in [-0.2, -0.15) is 0 Å². The molecule has 6 heteroatoms. The summed E-state index contributed by atoms with van der Waals surface area (Å²) in [6, 6.07) is -0.256. The molecule has 2 rings (SSSR count). The zero-order chi connectivity index (χ0) is 15.6. The number of likely N-dealkylation sites (tertiary alicyclic amines) is 1. The lowest BCUT2D eigenvalue weighted by atomic mass is 10.0. The van der Waals surface area contributed by atoms with Crippen molar-refractivity contribution in [2.24, 2.45) is 11.8 Å². The van der Waals surface area contributed by atoms with Crippen LogP contribution in [0.4, 0.5) is 4.79 Å². The van der Waals surface area contributed by atoms with Crippen molar-refractivity contribution < 1.29 is 9.90 Å². The van der Waals surface area contributed by atoms with Crippen LogP contribution in [0.1, 0.15) is 37.8 Å². The molecular formula is C15H26N4O2. The molecule has 0 radical (unpaired) electrons. The van der Waals surface area contributed by atoms with Crippen LogP contribution in [0.25, 0.3) is 0 Å². The molecule has 1 unspecified atom stereocenters. The highest BCUT2D eigenvalue weighted by molar-refractivity contribution is 5.65. The molecule has 21 heavy (non-hydrogen) atoms. The Morgan fingerprint density at radius 3 is 2.81 bits per heavy atom. The van der Waals surface area contributed by atoms with E-state index in [-0.39, 0.29) is 12.0 Å². The summed E-state index contributed by atoms with van der Waals surface area (Å²) in [6.07, 6.45) is 2.22. The van der Waals surface area contributed by atoms with Crippen LogP contribution in [0.15, 0.2) is 6.20 Å². The van der Waals surface area contributed by atoms with E-state index in [1.165, 1.54) is 6.42 Å². The number of carbonyl (C=O) groups is 1. The molecule has 0 aliphatic carbocycles. The zero-order valence-corrected chi connectivity index (χ0v) is 13.3. The minimum atomic E-state index is -1.00. The largest absolute Gasteiger partial charge is 0.465 e. The van der Waals surface area contributed by atoms with Gasteiger partial charge in [0.2, 0.25) is 0 Å². The average molecular weight is 294 g/mol. The number of carboxylic acid groups (broad SMARTS) is 1. The molecule has 0 spiro atoms. The van der Waals surface area contributed by atoms with Gasteiger partial charge >= 0.3 is 6.09 Å². The molecule has 1 fully saturated rings. The number of amides is 1. The van der Waals surface area contributed by atoms with Gasteiger partial charge in [-0.1, -0.05) is 13.8 Å². The molecule has 1 aliphatic rings. The Morgan fingerprint density at radius 1 is 1.57 bits per heavy atom. The van der Waals surface area contributed by atoms with Crippen LogP contribution in [0, 0.1) is 18.8 Å². The highest BCUT2D eigenvalue weighted by atomic mass is 16.4. The van der Waals surface area contributed by atoms with Crippen molar-refractivity contribution in [2.45, 2.75) is 39.8 Å². The van der Waals surface area contributed by atoms with Crippen molar-refractivity contribution in [2.75, 3.05) is 20.1 Å². The zero-order valence-electron chi connectivity index (χ0n) is 13.3. The van der Waals surface area contributed by atoms with Gasteiger partial charge in [0.05, 0.1) is 11.7 Å². The summed E-state index contributed by atoms with van der Waals surface area (Å²) in [4.78, 5) is 17.9. The fourth-order valence-electron chi connectivity index (χ4n) is 3.04. The SMILES string of the molecule is Cc1nc([C@@H](NC(=O)O)C(C)C)cn1CC1CCN(C)C1. The summed E-state index contributed by atoms with van der Waals surface area (Å²) in [5.74, 6) is 1.78. The fourth-order valence-corrected chi connectivity index (χ4v) is 3.04. The second-order valence-corrected chi connectivity index (χ2v) is 6.45. The summed E-state index contributed by atoms with van der Waals surface area (Å²) in [6.45, 7) is 9.22. The molecule has 1 amide bonds. The lowest BCUT2D eigenvalue weighted by Gasteiger charge is -2.18. The maximum Gasteiger partial charge on any atom is 0.405 e. The standard InChI is InChI=1S/C15H26N4O2/c1-10(2)14(17-15(20)21)13-9-19(11(3)16-13)8-12-5-6-18(4)7-12/h9-10,12,14,17H,5-8H2,1-4H3,(H,20,21)/t12?,14-/m0/s1. The quantitative estimate of drug-likeness (QED) is 0.872. The predicted octanol–water partition coefficient (Wildman–Crippen LogP) is 2.11. The van der Waals surface area contributed by atoms with Gasteiger partial charge in [-0.3, -0.25) is 0 Å². The van der Waals surface area contributed by atoms with Crippen molar-refractivity contribution in [1.29, 1.82) is 0 Å². The Bertz CT molecular complexity index is 498. The molecule has 6 nitrogen and oxygen atoms in total. The monoisotopic (exact) mass is 294 g/mol. The number of aromatic nitrogens is 2. The van der Waals surface area contributed by atoms with Gasteiger partial charge in [0.1, 0.15) is 5.82 Å². The molecule has 0 aromatic carbocycles. The van der Waals surface area contributed by atoms with Crippen molar-refractivity contribution in [1.82, 2.24) is 19.8 Å². The van der Waals surface area contributed by atoms with Gasteiger partial charge < -0.3 is 19.9 Å². The summed E-state index contributed by atoms with van der Waals surface area (Å²) < 4.78 is 2.16. The highest BCUT2D eigenvalue weighted by Gasteiger charge is 2.24. The molecule has 2 atom stereocenters. The second-order valence-electron chi connectivity index (χ2n) is 6.45. The third-order valence-electron chi connectivity index (χ3n) is 4.20. The Morgan fingerprint density at radius 2 is 2.29 bits per heavy atom. The molecule has 2 heterocycles. The van der Waals surface area contributed by atoms with Gasteiger partial charge in [-0.15, -0.1) is 0 Å². The summed E-state index contributed by atoms with van der Waals surface area (Å²) in [7, 11) is 2.15. The Kier molecular flexibility index (Phi) is 4.88. The lowest BCUT2D eigenvalue weighted by molar-refractivity contribution is 0.185. The smallest absolute Gasteiger partial charge is 0.405 e. The average Bonchev–Trinajstić information content (AvgIpc) is 2.94. The van der Waals surface area contributed by atoms with Crippen molar-refractivity contribution >= 4 is 6.09 Å². The number of hydrogen-bond acceptors (Lipinski definition) is 3. The first-order chi connectivity index (χ1) is 9.86. The minimum Gasteiger partial charge on any atom is -0.465 e. The van der Waals surface area contributed by atoms with Crippen LogP contribution in [0.5, 0.6) is 0 Å². The van der Waals surface area contributed by atoms with E-state index in [9.17, 15) is 4.79 Å². The first-order valence-electron chi connectivity index (χ1n) is 7.58. The lowest BCUT2D eigenvalue weighted by Crippen LogP contribution is -2.30. The normalized spacial score (nSPS) is 20.9. The molecule has 1 aromatic rings. The van der Waals surface area contributed by atoms with E-state index in [0.29, 0.717) is 5.92 Å². The number of rotatable bonds is 5. The third-order valence-corrected chi connectivity index (χ3v) is 4.20. The molecule has 1 aromatic heterocycles. The Hall–Kier alpha value is -1.56. The van der Waals surface area contributed by atoms with Crippen molar-refractivity contribution in [3.05, 3.63) is 17.7 Å². The van der Waals surface area contributed by atoms with E-state index >= 15 is 0 Å². The van der Waals surface area contributed by atoms with Gasteiger partial charge in [0.15, 0.2) is 0 Å². The highest BCUT2D eigenvalue weighted by Crippen LogP contribution is 2.23. The topological polar surface area (TPSA) is 70.4 Å². The Balaban J connectivity index is 2.11. The molecular weight excluding hydrogens is 268 g/mol. The maximum absolute atomic E-state index is 10.9. The van der Waals surface area contributed by atoms with Crippen LogP contribution < -0.4 is 5.32 Å². The van der Waals surface area contributed by atoms with Crippen LogP contribution in [-0.4, -0.2) is 45.8 Å². The number of imidazole rings is 1. The molecule has 2 N–H and O–H groups in total. The van der Waals surface area contributed by atoms with E-state index in [0.717, 1.165) is 31.2 Å². The van der Waals surface area contributed by atoms with Gasteiger partial charge in [0, 0.05) is 19.3 Å². The van der Waals surface area contributed by atoms with Gasteiger partial charge in [0.25, 0.3) is 0 Å². The molecule has 0 bridgehead atoms. The van der Waals surface area contributed by atoms with Gasteiger partial charge in [-0.25, -0.2) is 9.78 Å². The maximum atomic E-state index is 10.9. The van der Waals surface area contributed by atoms with Crippen LogP contribution in [-0.2, 0) is 6.54 Å². The second kappa shape index (κ2) is 6.47. The van der Waals surface area contributed by atoms with E-state index in [2.05, 4.69) is 26.8 Å². The molecule has 1 aliphatic heterocycles. The fraction of sp³-hybridized carbons (Fsp3) is 0.733. The first kappa shape index (κ1) is 15.8. The molecule has 118 valence electrons. The number of nitrogens with zero attached hydrogens (tertiary/aromatic N) is 3. The van der Waals surface area contributed by atoms with E-state index in [1.807, 2.05) is 27.0 Å². The van der Waals surface area contributed by atoms with Crippen LogP contribution >= 0.6 is 0 Å². The van der Waals surface area contributed by atoms with E-state index < -0.39 is 6.09 Å². The number of nitrogens with one attached hydrogen (secondary N) is 1. The summed E-state index contributed by atoms with van der Waals surface area (Å²) in [5.41, 5.74) is 0.816. The summed E-state index contributed by atoms with van der Waals surface area (Å²) in [5, 5.41) is 11.5. The van der Waals surface area contributed by atoms with E-state index in [1.54, 1.807) is 0 Å². The third kappa shape index (κ3) is 3.97. The van der Waals surface area contributed by atoms with Crippen LogP contribution in [0.2, 0.25) is 0 Å². The van der Waals surface area contributed by atoms with Gasteiger partial charge in [-0.05, 0) is 38.8 Å². The first-order valence-corrected chi connectivity index (χ1v) is 7.58. The van der Waals surface area contributed by atoms with Crippen LogP contribution in [0.3, 0.4) is 0 Å². The van der Waals surface area contributed by atoms with Crippen molar-refractivity contribution in [3.8, 4) is 0 Å². The Labute approximate surface area is 126 Å². The number of hydrogen-bond donors (Lipinski definition) is 2. The summed E-state index contributed by atoms with van der Waals surface area (Å²) >= 11 is 0. The predicted molar refractivity (Wildman–Crippen MR) is 81.3 cm³/mol. The molecule has 1 saturated heterocycles. The molecule has 0 saturated carbocycles. The van der Waals surface area contributed by atoms with E-state index in [4.69, 9.17) is 5.11 Å². The minimum absolute atomic E-state index is 0.168. The number of aryl methyl sites for hydroxylation is 1.